The summed E-state index contributed by atoms with van der Waals surface area (Å²) < 4.78 is 20.8. The van der Waals surface area contributed by atoms with Gasteiger partial charge >= 0.3 is 0 Å². The first kappa shape index (κ1) is 26.0. The summed E-state index contributed by atoms with van der Waals surface area (Å²) in [5, 5.41) is 11.1. The zero-order valence-electron chi connectivity index (χ0n) is 20.5. The SMILES string of the molecule is C=CC(=O)N1CC[C@@H](C#Cc2ncnc(N)c2C(=N)c2ccc(Oc3ccnc(C(=O)NC)c3)cc2F)C1. The van der Waals surface area contributed by atoms with Gasteiger partial charge < -0.3 is 20.7 Å². The Labute approximate surface area is 218 Å². The van der Waals surface area contributed by atoms with Crippen molar-refractivity contribution in [2.24, 2.45) is 5.92 Å². The van der Waals surface area contributed by atoms with Crippen molar-refractivity contribution < 1.29 is 18.7 Å². The van der Waals surface area contributed by atoms with Crippen molar-refractivity contribution in [3.05, 3.63) is 83.8 Å². The monoisotopic (exact) mass is 513 g/mol. The van der Waals surface area contributed by atoms with Gasteiger partial charge in [-0.1, -0.05) is 12.5 Å². The maximum absolute atomic E-state index is 15.1. The highest BCUT2D eigenvalue weighted by molar-refractivity contribution is 6.14. The number of nitrogens with one attached hydrogen (secondary N) is 2. The molecule has 0 unspecified atom stereocenters. The minimum atomic E-state index is -0.732. The summed E-state index contributed by atoms with van der Waals surface area (Å²) in [4.78, 5) is 37.4. The molecule has 1 fully saturated rings. The Morgan fingerprint density at radius 1 is 1.26 bits per heavy atom. The van der Waals surface area contributed by atoms with E-state index in [1.807, 2.05) is 0 Å². The van der Waals surface area contributed by atoms with Crippen LogP contribution in [0.15, 0.2) is 55.5 Å². The molecule has 1 aliphatic heterocycles. The number of pyridine rings is 1. The van der Waals surface area contributed by atoms with E-state index in [0.29, 0.717) is 25.3 Å². The summed E-state index contributed by atoms with van der Waals surface area (Å²) in [6.07, 6.45) is 4.59. The smallest absolute Gasteiger partial charge is 0.269 e. The van der Waals surface area contributed by atoms with Crippen molar-refractivity contribution >= 4 is 23.3 Å². The molecule has 38 heavy (non-hydrogen) atoms. The summed E-state index contributed by atoms with van der Waals surface area (Å²) >= 11 is 0. The van der Waals surface area contributed by atoms with Gasteiger partial charge in [0.25, 0.3) is 5.91 Å². The molecule has 10 nitrogen and oxygen atoms in total. The van der Waals surface area contributed by atoms with E-state index >= 15 is 4.39 Å². The van der Waals surface area contributed by atoms with Crippen LogP contribution >= 0.6 is 0 Å². The van der Waals surface area contributed by atoms with Crippen molar-refractivity contribution in [2.45, 2.75) is 6.42 Å². The second kappa shape index (κ2) is 11.3. The highest BCUT2D eigenvalue weighted by atomic mass is 19.1. The van der Waals surface area contributed by atoms with Gasteiger partial charge in [-0.05, 0) is 36.6 Å². The van der Waals surface area contributed by atoms with Gasteiger partial charge in [-0.15, -0.1) is 0 Å². The molecule has 0 radical (unpaired) electrons. The van der Waals surface area contributed by atoms with E-state index in [0.717, 1.165) is 6.07 Å². The molecule has 1 saturated heterocycles. The number of carbonyl (C=O) groups is 2. The van der Waals surface area contributed by atoms with E-state index in [4.69, 9.17) is 15.9 Å². The number of carbonyl (C=O) groups excluding carboxylic acids is 2. The molecule has 0 bridgehead atoms. The van der Waals surface area contributed by atoms with Gasteiger partial charge in [0, 0.05) is 49.9 Å². The standard InChI is InChI=1S/C27H24FN7O3/c1-3-23(36)35-11-9-16(14-35)4-7-21-24(26(30)34-15-33-21)25(29)19-6-5-17(12-20(19)28)38-18-8-10-32-22(13-18)27(37)31-2/h3,5-6,8,10,12-13,15-16,29H,1,9,11,14H2,2H3,(H,31,37)(H2,30,33,34)/t16-/m1/s1. The number of hydrogen-bond acceptors (Lipinski definition) is 8. The lowest BCUT2D eigenvalue weighted by Crippen LogP contribution is -2.26. The molecule has 0 aliphatic carbocycles. The molecule has 1 atom stereocenters. The van der Waals surface area contributed by atoms with Crippen molar-refractivity contribution in [1.82, 2.24) is 25.2 Å². The van der Waals surface area contributed by atoms with E-state index in [9.17, 15) is 9.59 Å². The number of aromatic nitrogens is 3. The zero-order valence-corrected chi connectivity index (χ0v) is 20.5. The number of hydrogen-bond donors (Lipinski definition) is 3. The molecule has 2 aromatic heterocycles. The maximum Gasteiger partial charge on any atom is 0.269 e. The lowest BCUT2D eigenvalue weighted by molar-refractivity contribution is -0.125. The lowest BCUT2D eigenvalue weighted by Gasteiger charge is -2.12. The summed E-state index contributed by atoms with van der Waals surface area (Å²) in [5.41, 5.74) is 6.20. The van der Waals surface area contributed by atoms with Gasteiger partial charge in [-0.25, -0.2) is 14.4 Å². The zero-order chi connectivity index (χ0) is 27.2. The topological polar surface area (TPSA) is 147 Å². The van der Waals surface area contributed by atoms with Gasteiger partial charge in [0.05, 0.1) is 11.3 Å². The minimum Gasteiger partial charge on any atom is -0.457 e. The number of ether oxygens (including phenoxy) is 1. The van der Waals surface area contributed by atoms with E-state index in [1.54, 1.807) is 4.90 Å². The molecule has 4 N–H and O–H groups in total. The van der Waals surface area contributed by atoms with Crippen LogP contribution in [-0.4, -0.2) is 57.5 Å². The second-order valence-corrected chi connectivity index (χ2v) is 8.30. The third-order valence-corrected chi connectivity index (χ3v) is 5.83. The number of anilines is 1. The quantitative estimate of drug-likeness (QED) is 0.261. The average molecular weight is 514 g/mol. The van der Waals surface area contributed by atoms with Crippen molar-refractivity contribution in [2.75, 3.05) is 25.9 Å². The molecule has 3 aromatic rings. The number of nitrogens with two attached hydrogens (primary N) is 1. The van der Waals surface area contributed by atoms with Crippen molar-refractivity contribution in [3.63, 3.8) is 0 Å². The van der Waals surface area contributed by atoms with E-state index in [2.05, 4.69) is 38.7 Å². The Hall–Kier alpha value is -5.11. The van der Waals surface area contributed by atoms with Gasteiger partial charge in [0.1, 0.15) is 40.8 Å². The average Bonchev–Trinajstić information content (AvgIpc) is 3.40. The number of likely N-dealkylation sites (tertiary alicyclic amines) is 1. The molecule has 11 heteroatoms. The number of halogens is 1. The van der Waals surface area contributed by atoms with Crippen LogP contribution in [0.5, 0.6) is 11.5 Å². The molecular weight excluding hydrogens is 489 g/mol. The second-order valence-electron chi connectivity index (χ2n) is 8.30. The van der Waals surface area contributed by atoms with Crippen molar-refractivity contribution in [1.29, 1.82) is 5.41 Å². The number of benzene rings is 1. The van der Waals surface area contributed by atoms with Crippen LogP contribution < -0.4 is 15.8 Å². The van der Waals surface area contributed by atoms with Crippen LogP contribution in [0.1, 0.15) is 33.7 Å². The minimum absolute atomic E-state index is 0.0116. The predicted octanol–water partition coefficient (Wildman–Crippen LogP) is 2.55. The fraction of sp³-hybridized carbons (Fsp3) is 0.185. The third kappa shape index (κ3) is 5.65. The first-order valence-electron chi connectivity index (χ1n) is 11.6. The molecule has 1 aliphatic rings. The number of nitrogens with zero attached hydrogens (tertiary/aromatic N) is 4. The van der Waals surface area contributed by atoms with Gasteiger partial charge in [0.2, 0.25) is 5.91 Å². The number of nitrogen functional groups attached to an aromatic ring is 1. The van der Waals surface area contributed by atoms with E-state index in [1.165, 1.54) is 49.9 Å². The Kier molecular flexibility index (Phi) is 7.72. The molecule has 0 spiro atoms. The highest BCUT2D eigenvalue weighted by Gasteiger charge is 2.24. The van der Waals surface area contributed by atoms with Gasteiger partial charge in [0.15, 0.2) is 0 Å². The Morgan fingerprint density at radius 2 is 2.05 bits per heavy atom. The Balaban J connectivity index is 1.56. The first-order chi connectivity index (χ1) is 18.3. The van der Waals surface area contributed by atoms with Crippen LogP contribution in [0.4, 0.5) is 10.2 Å². The fourth-order valence-electron chi connectivity index (χ4n) is 3.88. The molecule has 4 rings (SSSR count). The first-order valence-corrected chi connectivity index (χ1v) is 11.6. The molecule has 0 saturated carbocycles. The summed E-state index contributed by atoms with van der Waals surface area (Å²) in [7, 11) is 1.48. The van der Waals surface area contributed by atoms with Crippen LogP contribution in [-0.2, 0) is 4.79 Å². The van der Waals surface area contributed by atoms with Crippen LogP contribution in [0.3, 0.4) is 0 Å². The van der Waals surface area contributed by atoms with Crippen LogP contribution in [0.2, 0.25) is 0 Å². The Morgan fingerprint density at radius 3 is 2.79 bits per heavy atom. The van der Waals surface area contributed by atoms with E-state index < -0.39 is 5.82 Å². The maximum atomic E-state index is 15.1. The fourth-order valence-corrected chi connectivity index (χ4v) is 3.88. The molecule has 2 amide bonds. The summed E-state index contributed by atoms with van der Waals surface area (Å²) in [6, 6.07) is 6.95. The Bertz CT molecular complexity index is 1500. The number of amides is 2. The highest BCUT2D eigenvalue weighted by Crippen LogP contribution is 2.26. The normalized spacial score (nSPS) is 14.3. The summed E-state index contributed by atoms with van der Waals surface area (Å²) in [5.74, 6) is 5.10. The van der Waals surface area contributed by atoms with Crippen LogP contribution in [0.25, 0.3) is 0 Å². The third-order valence-electron chi connectivity index (χ3n) is 5.83. The van der Waals surface area contributed by atoms with E-state index in [-0.39, 0.29) is 57.5 Å². The largest absolute Gasteiger partial charge is 0.457 e. The van der Waals surface area contributed by atoms with Crippen LogP contribution in [0, 0.1) is 29.0 Å². The molecule has 3 heterocycles. The molecule has 192 valence electrons. The number of rotatable bonds is 6. The van der Waals surface area contributed by atoms with Gasteiger partial charge in [-0.2, -0.15) is 0 Å². The lowest BCUT2D eigenvalue weighted by atomic mass is 10.00. The molecular formula is C27H24FN7O3. The predicted molar refractivity (Wildman–Crippen MR) is 138 cm³/mol. The summed E-state index contributed by atoms with van der Waals surface area (Å²) in [6.45, 7) is 4.54. The molecule has 1 aromatic carbocycles. The van der Waals surface area contributed by atoms with Gasteiger partial charge in [-0.3, -0.25) is 20.0 Å². The van der Waals surface area contributed by atoms with Crippen molar-refractivity contribution in [3.8, 4) is 23.3 Å².